The summed E-state index contributed by atoms with van der Waals surface area (Å²) in [7, 11) is 0. The summed E-state index contributed by atoms with van der Waals surface area (Å²) in [6, 6.07) is 16.6. The minimum atomic E-state index is -0.323. The van der Waals surface area contributed by atoms with Crippen LogP contribution in [-0.2, 0) is 0 Å². The molecule has 2 aromatic carbocycles. The lowest BCUT2D eigenvalue weighted by atomic mass is 10.0. The first-order valence-electron chi connectivity index (χ1n) is 9.37. The van der Waals surface area contributed by atoms with Gasteiger partial charge in [-0.1, -0.05) is 42.0 Å². The van der Waals surface area contributed by atoms with Crippen molar-refractivity contribution in [1.82, 2.24) is 9.55 Å². The number of aliphatic imine (C=N–C) groups is 1. The molecule has 0 aliphatic carbocycles. The smallest absolute Gasteiger partial charge is 0.267 e. The predicted molar refractivity (Wildman–Crippen MR) is 117 cm³/mol. The Kier molecular flexibility index (Phi) is 4.72. The van der Waals surface area contributed by atoms with Gasteiger partial charge in [0.2, 0.25) is 5.88 Å². The minimum absolute atomic E-state index is 0.182. The first-order chi connectivity index (χ1) is 14.0. The number of aryl methyl sites for hydroxylation is 3. The van der Waals surface area contributed by atoms with Crippen LogP contribution in [0.4, 0.5) is 5.69 Å². The van der Waals surface area contributed by atoms with Crippen LogP contribution in [-0.4, -0.2) is 20.9 Å². The van der Waals surface area contributed by atoms with E-state index in [-0.39, 0.29) is 11.4 Å². The van der Waals surface area contributed by atoms with Crippen molar-refractivity contribution in [3.8, 4) is 11.7 Å². The molecule has 0 aliphatic heterocycles. The van der Waals surface area contributed by atoms with Gasteiger partial charge in [0.1, 0.15) is 5.82 Å². The van der Waals surface area contributed by atoms with E-state index < -0.39 is 0 Å². The standard InChI is InChI=1S/C24H21N3O2/c1-15-12-16(2)22(17(3)13-15)26-14-20-18-8-4-5-9-19(18)23(28)27(24(20)29)21-10-6-7-11-25-21/h4-14,29H,1-3H3. The van der Waals surface area contributed by atoms with Crippen LogP contribution >= 0.6 is 0 Å². The summed E-state index contributed by atoms with van der Waals surface area (Å²) >= 11 is 0. The zero-order valence-electron chi connectivity index (χ0n) is 16.5. The molecule has 0 atom stereocenters. The molecule has 4 rings (SSSR count). The van der Waals surface area contributed by atoms with E-state index >= 15 is 0 Å². The number of aromatic hydroxyl groups is 1. The van der Waals surface area contributed by atoms with Crippen molar-refractivity contribution in [2.45, 2.75) is 20.8 Å². The molecule has 2 aromatic heterocycles. The normalized spacial score (nSPS) is 11.4. The lowest BCUT2D eigenvalue weighted by Crippen LogP contribution is -2.20. The SMILES string of the molecule is Cc1cc(C)c(N=Cc2c(O)n(-c3ccccn3)c(=O)c3ccccc23)c(C)c1. The second-order valence-corrected chi connectivity index (χ2v) is 7.12. The summed E-state index contributed by atoms with van der Waals surface area (Å²) in [5.41, 5.74) is 4.30. The lowest BCUT2D eigenvalue weighted by molar-refractivity contribution is 0.435. The molecular weight excluding hydrogens is 362 g/mol. The zero-order chi connectivity index (χ0) is 20.5. The van der Waals surface area contributed by atoms with Crippen LogP contribution in [0.15, 0.2) is 70.6 Å². The minimum Gasteiger partial charge on any atom is -0.494 e. The van der Waals surface area contributed by atoms with Crippen molar-refractivity contribution < 1.29 is 5.11 Å². The van der Waals surface area contributed by atoms with E-state index in [0.29, 0.717) is 22.2 Å². The Morgan fingerprint density at radius 2 is 1.62 bits per heavy atom. The maximum Gasteiger partial charge on any atom is 0.267 e. The highest BCUT2D eigenvalue weighted by Gasteiger charge is 2.17. The van der Waals surface area contributed by atoms with Crippen LogP contribution in [0, 0.1) is 20.8 Å². The average molecular weight is 383 g/mol. The average Bonchev–Trinajstić information content (AvgIpc) is 2.70. The Balaban J connectivity index is 1.99. The van der Waals surface area contributed by atoms with E-state index in [1.54, 1.807) is 42.7 Å². The molecule has 0 unspecified atom stereocenters. The van der Waals surface area contributed by atoms with Crippen LogP contribution in [0.5, 0.6) is 5.88 Å². The third-order valence-corrected chi connectivity index (χ3v) is 4.94. The van der Waals surface area contributed by atoms with Crippen molar-refractivity contribution in [3.63, 3.8) is 0 Å². The molecule has 0 spiro atoms. The Hall–Kier alpha value is -3.73. The van der Waals surface area contributed by atoms with Gasteiger partial charge in [-0.15, -0.1) is 0 Å². The summed E-state index contributed by atoms with van der Waals surface area (Å²) in [6.07, 6.45) is 3.21. The Morgan fingerprint density at radius 3 is 2.28 bits per heavy atom. The van der Waals surface area contributed by atoms with Crippen LogP contribution in [0.1, 0.15) is 22.3 Å². The van der Waals surface area contributed by atoms with Gasteiger partial charge in [-0.3, -0.25) is 9.79 Å². The molecule has 0 saturated heterocycles. The second-order valence-electron chi connectivity index (χ2n) is 7.12. The van der Waals surface area contributed by atoms with Crippen molar-refractivity contribution in [3.05, 3.63) is 93.4 Å². The molecule has 29 heavy (non-hydrogen) atoms. The van der Waals surface area contributed by atoms with Crippen molar-refractivity contribution in [2.24, 2.45) is 4.99 Å². The summed E-state index contributed by atoms with van der Waals surface area (Å²) in [5, 5.41) is 12.2. The molecule has 0 saturated carbocycles. The molecule has 4 aromatic rings. The van der Waals surface area contributed by atoms with E-state index in [1.165, 1.54) is 10.1 Å². The van der Waals surface area contributed by atoms with Crippen LogP contribution in [0.3, 0.4) is 0 Å². The first-order valence-corrected chi connectivity index (χ1v) is 9.37. The third-order valence-electron chi connectivity index (χ3n) is 4.94. The highest BCUT2D eigenvalue weighted by Crippen LogP contribution is 2.28. The van der Waals surface area contributed by atoms with Gasteiger partial charge in [-0.25, -0.2) is 9.55 Å². The number of rotatable bonds is 3. The quantitative estimate of drug-likeness (QED) is 0.518. The number of hydrogen-bond acceptors (Lipinski definition) is 4. The molecule has 0 bridgehead atoms. The largest absolute Gasteiger partial charge is 0.494 e. The topological polar surface area (TPSA) is 67.5 Å². The van der Waals surface area contributed by atoms with Crippen LogP contribution < -0.4 is 5.56 Å². The second kappa shape index (κ2) is 7.36. The number of nitrogens with zero attached hydrogens (tertiary/aromatic N) is 3. The molecule has 1 N–H and O–H groups in total. The Labute approximate surface area is 168 Å². The third kappa shape index (κ3) is 3.31. The zero-order valence-corrected chi connectivity index (χ0v) is 16.5. The van der Waals surface area contributed by atoms with Crippen molar-refractivity contribution in [1.29, 1.82) is 0 Å². The summed E-state index contributed by atoms with van der Waals surface area (Å²) < 4.78 is 1.22. The summed E-state index contributed by atoms with van der Waals surface area (Å²) in [4.78, 5) is 21.9. The van der Waals surface area contributed by atoms with Gasteiger partial charge in [0.25, 0.3) is 5.56 Å². The fourth-order valence-corrected chi connectivity index (χ4v) is 3.69. The lowest BCUT2D eigenvalue weighted by Gasteiger charge is -2.13. The van der Waals surface area contributed by atoms with Gasteiger partial charge in [0.05, 0.1) is 11.3 Å². The Morgan fingerprint density at radius 1 is 0.966 bits per heavy atom. The van der Waals surface area contributed by atoms with Gasteiger partial charge in [-0.05, 0) is 50.1 Å². The number of hydrogen-bond donors (Lipinski definition) is 1. The number of benzene rings is 2. The van der Waals surface area contributed by atoms with Crippen LogP contribution in [0.25, 0.3) is 16.6 Å². The maximum atomic E-state index is 13.0. The molecule has 2 heterocycles. The van der Waals surface area contributed by atoms with E-state index in [1.807, 2.05) is 26.0 Å². The fraction of sp³-hybridized carbons (Fsp3) is 0.125. The van der Waals surface area contributed by atoms with Gasteiger partial charge in [0.15, 0.2) is 0 Å². The monoisotopic (exact) mass is 383 g/mol. The van der Waals surface area contributed by atoms with Gasteiger partial charge >= 0.3 is 0 Å². The molecule has 144 valence electrons. The first kappa shape index (κ1) is 18.6. The highest BCUT2D eigenvalue weighted by molar-refractivity contribution is 6.02. The van der Waals surface area contributed by atoms with E-state index in [2.05, 4.69) is 29.0 Å². The number of fused-ring (bicyclic) bond motifs is 1. The molecule has 5 heteroatoms. The summed E-state index contributed by atoms with van der Waals surface area (Å²) in [5.74, 6) is 0.177. The molecule has 0 fully saturated rings. The van der Waals surface area contributed by atoms with Crippen molar-refractivity contribution in [2.75, 3.05) is 0 Å². The predicted octanol–water partition coefficient (Wildman–Crippen LogP) is 4.77. The molecular formula is C24H21N3O2. The maximum absolute atomic E-state index is 13.0. The molecule has 0 amide bonds. The molecule has 0 radical (unpaired) electrons. The number of aromatic nitrogens is 2. The number of pyridine rings is 2. The fourth-order valence-electron chi connectivity index (χ4n) is 3.69. The highest BCUT2D eigenvalue weighted by atomic mass is 16.3. The van der Waals surface area contributed by atoms with Crippen LogP contribution in [0.2, 0.25) is 0 Å². The van der Waals surface area contributed by atoms with Gasteiger partial charge < -0.3 is 5.11 Å². The van der Waals surface area contributed by atoms with Crippen molar-refractivity contribution >= 4 is 22.7 Å². The van der Waals surface area contributed by atoms with Gasteiger partial charge in [-0.2, -0.15) is 0 Å². The summed E-state index contributed by atoms with van der Waals surface area (Å²) in [6.45, 7) is 6.08. The van der Waals surface area contributed by atoms with Gasteiger partial charge in [0, 0.05) is 23.2 Å². The Bertz CT molecular complexity index is 1280. The van der Waals surface area contributed by atoms with E-state index in [4.69, 9.17) is 0 Å². The molecule has 0 aliphatic rings. The van der Waals surface area contributed by atoms with E-state index in [0.717, 1.165) is 16.8 Å². The van der Waals surface area contributed by atoms with E-state index in [9.17, 15) is 9.90 Å². The molecule has 5 nitrogen and oxygen atoms in total.